The highest BCUT2D eigenvalue weighted by molar-refractivity contribution is 7.99. The summed E-state index contributed by atoms with van der Waals surface area (Å²) < 4.78 is 0. The predicted molar refractivity (Wildman–Crippen MR) is 188 cm³/mol. The van der Waals surface area contributed by atoms with Gasteiger partial charge in [-0.05, 0) is 76.9 Å². The highest BCUT2D eigenvalue weighted by Gasteiger charge is 2.20. The van der Waals surface area contributed by atoms with Gasteiger partial charge in [-0.25, -0.2) is 0 Å². The molecule has 3 aromatic rings. The second kappa shape index (κ2) is 15.4. The van der Waals surface area contributed by atoms with E-state index in [1.165, 1.54) is 43.5 Å². The normalized spacial score (nSPS) is 13.5. The Kier molecular flexibility index (Phi) is 11.6. The summed E-state index contributed by atoms with van der Waals surface area (Å²) in [6.07, 6.45) is 6.27. The molecule has 1 aliphatic rings. The van der Waals surface area contributed by atoms with E-state index in [-0.39, 0.29) is 0 Å². The summed E-state index contributed by atoms with van der Waals surface area (Å²) in [5.74, 6) is 1.09. The molecule has 10 heteroatoms. The van der Waals surface area contributed by atoms with Gasteiger partial charge in [0.25, 0.3) is 0 Å². The van der Waals surface area contributed by atoms with Gasteiger partial charge in [0.2, 0.25) is 11.9 Å². The van der Waals surface area contributed by atoms with E-state index in [0.717, 1.165) is 54.1 Å². The second-order valence-corrected chi connectivity index (χ2v) is 12.7. The van der Waals surface area contributed by atoms with E-state index in [1.807, 2.05) is 0 Å². The van der Waals surface area contributed by atoms with E-state index in [9.17, 15) is 0 Å². The van der Waals surface area contributed by atoms with Gasteiger partial charge in [0.15, 0.2) is 5.16 Å². The zero-order valence-corrected chi connectivity index (χ0v) is 28.3. The Hall–Kier alpha value is -3.40. The highest BCUT2D eigenvalue weighted by Crippen LogP contribution is 2.36. The van der Waals surface area contributed by atoms with Crippen molar-refractivity contribution in [2.24, 2.45) is 0 Å². The van der Waals surface area contributed by atoms with E-state index < -0.39 is 0 Å². The Bertz CT molecular complexity index is 1230. The van der Waals surface area contributed by atoms with Crippen LogP contribution in [-0.4, -0.2) is 74.6 Å². The van der Waals surface area contributed by atoms with Crippen LogP contribution in [0.25, 0.3) is 0 Å². The molecule has 0 aliphatic heterocycles. The molecule has 1 saturated carbocycles. The molecule has 43 heavy (non-hydrogen) atoms. The summed E-state index contributed by atoms with van der Waals surface area (Å²) in [5.41, 5.74) is 6.44. The lowest BCUT2D eigenvalue weighted by molar-refractivity contribution is 0.515. The number of hydrogen-bond donors (Lipinski definition) is 2. The number of anilines is 8. The van der Waals surface area contributed by atoms with Crippen LogP contribution in [0.4, 0.5) is 46.0 Å². The molecular formula is C33H51N9S. The molecule has 0 atom stereocenters. The number of rotatable bonds is 14. The third-order valence-electron chi connectivity index (χ3n) is 8.11. The van der Waals surface area contributed by atoms with Crippen LogP contribution >= 0.6 is 11.8 Å². The first-order chi connectivity index (χ1) is 20.8. The fraction of sp³-hybridized carbons (Fsp3) is 0.545. The van der Waals surface area contributed by atoms with Gasteiger partial charge < -0.3 is 30.2 Å². The number of thioether (sulfide) groups is 1. The lowest BCUT2D eigenvalue weighted by atomic mass is 10.0. The molecular weight excluding hydrogens is 554 g/mol. The van der Waals surface area contributed by atoms with Gasteiger partial charge in [0.05, 0.1) is 22.7 Å². The van der Waals surface area contributed by atoms with Crippen molar-refractivity contribution in [3.05, 3.63) is 36.4 Å². The van der Waals surface area contributed by atoms with Crippen LogP contribution in [0.2, 0.25) is 0 Å². The number of benzene rings is 2. The predicted octanol–water partition coefficient (Wildman–Crippen LogP) is 7.61. The molecule has 2 N–H and O–H groups in total. The van der Waals surface area contributed by atoms with Gasteiger partial charge in [0, 0.05) is 71.0 Å². The lowest BCUT2D eigenvalue weighted by Crippen LogP contribution is -2.22. The van der Waals surface area contributed by atoms with Crippen molar-refractivity contribution < 1.29 is 0 Å². The molecule has 0 spiro atoms. The first kappa shape index (κ1) is 32.5. The molecule has 1 fully saturated rings. The minimum atomic E-state index is 0.531. The van der Waals surface area contributed by atoms with Crippen LogP contribution in [0.5, 0.6) is 0 Å². The average molecular weight is 606 g/mol. The van der Waals surface area contributed by atoms with Gasteiger partial charge in [0.1, 0.15) is 0 Å². The minimum absolute atomic E-state index is 0.531. The van der Waals surface area contributed by atoms with Gasteiger partial charge in [-0.2, -0.15) is 15.0 Å². The summed E-state index contributed by atoms with van der Waals surface area (Å²) in [4.78, 5) is 23.8. The first-order valence-corrected chi connectivity index (χ1v) is 16.7. The monoisotopic (exact) mass is 605 g/mol. The van der Waals surface area contributed by atoms with Crippen molar-refractivity contribution in [2.45, 2.75) is 70.2 Å². The molecule has 4 rings (SSSR count). The topological polar surface area (TPSA) is 75.7 Å². The van der Waals surface area contributed by atoms with Crippen LogP contribution in [0.1, 0.15) is 59.8 Å². The molecule has 1 aliphatic carbocycles. The molecule has 0 saturated heterocycles. The van der Waals surface area contributed by atoms with Crippen LogP contribution in [0.15, 0.2) is 41.6 Å². The Morgan fingerprint density at radius 2 is 1.09 bits per heavy atom. The molecule has 0 bridgehead atoms. The van der Waals surface area contributed by atoms with Gasteiger partial charge in [-0.15, -0.1) is 0 Å². The lowest BCUT2D eigenvalue weighted by Gasteiger charge is -2.25. The molecule has 1 heterocycles. The minimum Gasteiger partial charge on any atom is -0.376 e. The quantitative estimate of drug-likeness (QED) is 0.192. The smallest absolute Gasteiger partial charge is 0.233 e. The summed E-state index contributed by atoms with van der Waals surface area (Å²) in [5, 5.41) is 8.45. The molecule has 9 nitrogen and oxygen atoms in total. The number of aromatic nitrogens is 3. The zero-order valence-electron chi connectivity index (χ0n) is 27.4. The summed E-state index contributed by atoms with van der Waals surface area (Å²) >= 11 is 1.79. The van der Waals surface area contributed by atoms with Crippen molar-refractivity contribution in [1.29, 1.82) is 0 Å². The molecule has 1 aromatic heterocycles. The maximum Gasteiger partial charge on any atom is 0.233 e. The maximum absolute atomic E-state index is 4.95. The average Bonchev–Trinajstić information content (AvgIpc) is 2.99. The number of nitrogens with zero attached hydrogens (tertiary/aromatic N) is 7. The summed E-state index contributed by atoms with van der Waals surface area (Å²) in [6, 6.07) is 13.1. The Morgan fingerprint density at radius 1 is 0.651 bits per heavy atom. The molecule has 0 amide bonds. The molecule has 234 valence electrons. The van der Waals surface area contributed by atoms with Crippen LogP contribution in [0.3, 0.4) is 0 Å². The second-order valence-electron chi connectivity index (χ2n) is 11.4. The van der Waals surface area contributed by atoms with Gasteiger partial charge >= 0.3 is 0 Å². The SMILES string of the molecule is CCN(CC)c1ccc(N(C)C)c(Nc2nc(Nc3cc(N(CC)CC)ccc3N(C)C)nc(SC3CCCCC3)n2)c1. The first-order valence-electron chi connectivity index (χ1n) is 15.9. The van der Waals surface area contributed by atoms with Crippen molar-refractivity contribution in [2.75, 3.05) is 84.6 Å². The van der Waals surface area contributed by atoms with Gasteiger partial charge in [-0.3, -0.25) is 0 Å². The van der Waals surface area contributed by atoms with E-state index in [4.69, 9.17) is 15.0 Å². The van der Waals surface area contributed by atoms with Crippen molar-refractivity contribution in [3.8, 4) is 0 Å². The molecule has 0 radical (unpaired) electrons. The third kappa shape index (κ3) is 8.37. The fourth-order valence-electron chi connectivity index (χ4n) is 5.69. The fourth-order valence-corrected chi connectivity index (χ4v) is 6.84. The third-order valence-corrected chi connectivity index (χ3v) is 9.31. The standard InChI is InChI=1S/C33H51N9S/c1-9-41(10-2)24-18-20-29(39(5)6)27(22-24)34-31-36-32(38-33(37-31)43-26-16-14-13-15-17-26)35-28-23-25(42(11-3)12-4)19-21-30(28)40(7)8/h18-23,26H,9-17H2,1-8H3,(H2,34,35,36,37,38). The van der Waals surface area contributed by atoms with Crippen molar-refractivity contribution in [3.63, 3.8) is 0 Å². The molecule has 2 aromatic carbocycles. The number of hydrogen-bond acceptors (Lipinski definition) is 10. The Labute approximate surface area is 263 Å². The van der Waals surface area contributed by atoms with Gasteiger partial charge in [-0.1, -0.05) is 31.0 Å². The van der Waals surface area contributed by atoms with Crippen LogP contribution < -0.4 is 30.2 Å². The zero-order chi connectivity index (χ0) is 30.9. The van der Waals surface area contributed by atoms with Crippen LogP contribution in [0, 0.1) is 0 Å². The highest BCUT2D eigenvalue weighted by atomic mass is 32.2. The number of nitrogens with one attached hydrogen (secondary N) is 2. The Balaban J connectivity index is 1.75. The van der Waals surface area contributed by atoms with Crippen LogP contribution in [-0.2, 0) is 0 Å². The van der Waals surface area contributed by atoms with E-state index in [1.54, 1.807) is 11.8 Å². The molecule has 0 unspecified atom stereocenters. The van der Waals surface area contributed by atoms with Crippen molar-refractivity contribution >= 4 is 57.8 Å². The maximum atomic E-state index is 4.95. The Morgan fingerprint density at radius 3 is 1.49 bits per heavy atom. The largest absolute Gasteiger partial charge is 0.376 e. The van der Waals surface area contributed by atoms with E-state index in [2.05, 4.69) is 123 Å². The summed E-state index contributed by atoms with van der Waals surface area (Å²) in [7, 11) is 8.25. The summed E-state index contributed by atoms with van der Waals surface area (Å²) in [6.45, 7) is 12.5. The van der Waals surface area contributed by atoms with Crippen molar-refractivity contribution in [1.82, 2.24) is 15.0 Å². The van der Waals surface area contributed by atoms with E-state index >= 15 is 0 Å². The van der Waals surface area contributed by atoms with E-state index in [0.29, 0.717) is 17.1 Å².